The van der Waals surface area contributed by atoms with Crippen LogP contribution in [0.4, 0.5) is 4.79 Å². The molecule has 0 bridgehead atoms. The van der Waals surface area contributed by atoms with E-state index in [1.165, 1.54) is 4.90 Å². The molecule has 0 aromatic heterocycles. The molecule has 2 amide bonds. The van der Waals surface area contributed by atoms with E-state index in [4.69, 9.17) is 4.74 Å². The van der Waals surface area contributed by atoms with Gasteiger partial charge in [0.2, 0.25) is 5.91 Å². The first-order valence-corrected chi connectivity index (χ1v) is 6.94. The lowest BCUT2D eigenvalue weighted by molar-refractivity contribution is -0.122. The number of hydrogen-bond acceptors (Lipinski definition) is 3. The number of nitrogens with one attached hydrogen (secondary N) is 1. The Hall–Kier alpha value is -2.04. The van der Waals surface area contributed by atoms with Gasteiger partial charge in [-0.2, -0.15) is 0 Å². The van der Waals surface area contributed by atoms with Gasteiger partial charge in [0, 0.05) is 12.1 Å². The Bertz CT molecular complexity index is 511. The molecule has 0 radical (unpaired) electrons. The molecule has 5 heteroatoms. The minimum absolute atomic E-state index is 0.0362. The summed E-state index contributed by atoms with van der Waals surface area (Å²) >= 11 is 0. The Morgan fingerprint density at radius 1 is 1.25 bits per heavy atom. The van der Waals surface area contributed by atoms with Gasteiger partial charge in [-0.05, 0) is 24.8 Å². The monoisotopic (exact) mass is 274 g/mol. The third kappa shape index (κ3) is 2.92. The number of rotatable bonds is 2. The third-order valence-corrected chi connectivity index (χ3v) is 3.92. The molecule has 1 aliphatic carbocycles. The molecule has 2 fully saturated rings. The molecule has 1 N–H and O–H groups in total. The van der Waals surface area contributed by atoms with Gasteiger partial charge in [-0.1, -0.05) is 30.3 Å². The van der Waals surface area contributed by atoms with Gasteiger partial charge in [0.25, 0.3) is 0 Å². The van der Waals surface area contributed by atoms with Crippen molar-refractivity contribution in [1.82, 2.24) is 10.2 Å². The van der Waals surface area contributed by atoms with Gasteiger partial charge in [0.15, 0.2) is 0 Å². The molecule has 1 saturated heterocycles. The molecule has 1 aromatic carbocycles. The van der Waals surface area contributed by atoms with E-state index in [1.807, 2.05) is 30.3 Å². The number of benzene rings is 1. The molecule has 1 heterocycles. The number of amides is 2. The van der Waals surface area contributed by atoms with Crippen LogP contribution < -0.4 is 5.32 Å². The molecular weight excluding hydrogens is 256 g/mol. The largest absolute Gasteiger partial charge is 0.445 e. The van der Waals surface area contributed by atoms with Crippen LogP contribution in [-0.2, 0) is 16.1 Å². The molecule has 20 heavy (non-hydrogen) atoms. The summed E-state index contributed by atoms with van der Waals surface area (Å²) in [6, 6.07) is 9.53. The van der Waals surface area contributed by atoms with Gasteiger partial charge < -0.3 is 10.1 Å². The van der Waals surface area contributed by atoms with Crippen LogP contribution in [0, 0.1) is 0 Å². The lowest BCUT2D eigenvalue weighted by Gasteiger charge is -2.18. The number of carbonyl (C=O) groups is 2. The fraction of sp³-hybridized carbons (Fsp3) is 0.467. The van der Waals surface area contributed by atoms with Crippen molar-refractivity contribution in [2.24, 2.45) is 0 Å². The molecule has 5 nitrogen and oxygen atoms in total. The number of hydrogen-bond donors (Lipinski definition) is 1. The molecule has 1 saturated carbocycles. The Balaban J connectivity index is 1.55. The lowest BCUT2D eigenvalue weighted by Crippen LogP contribution is -2.39. The van der Waals surface area contributed by atoms with E-state index in [0.29, 0.717) is 6.54 Å². The lowest BCUT2D eigenvalue weighted by atomic mass is 10.2. The van der Waals surface area contributed by atoms with E-state index in [1.54, 1.807) is 0 Å². The molecule has 2 aliphatic rings. The van der Waals surface area contributed by atoms with Gasteiger partial charge in [0.05, 0.1) is 0 Å². The van der Waals surface area contributed by atoms with Crippen LogP contribution in [0.25, 0.3) is 0 Å². The zero-order valence-electron chi connectivity index (χ0n) is 11.3. The molecule has 1 aromatic rings. The van der Waals surface area contributed by atoms with E-state index in [9.17, 15) is 9.59 Å². The Kier molecular flexibility index (Phi) is 3.34. The zero-order chi connectivity index (χ0) is 14.0. The Morgan fingerprint density at radius 2 is 2.00 bits per heavy atom. The number of nitrogens with zero attached hydrogens (tertiary/aromatic N) is 1. The number of carbonyl (C=O) groups excluding carboxylic acids is 2. The van der Waals surface area contributed by atoms with Crippen LogP contribution in [0.2, 0.25) is 0 Å². The van der Waals surface area contributed by atoms with Crippen molar-refractivity contribution in [2.45, 2.75) is 31.4 Å². The molecule has 3 rings (SSSR count). The summed E-state index contributed by atoms with van der Waals surface area (Å²) in [7, 11) is 0. The summed E-state index contributed by atoms with van der Waals surface area (Å²) in [5.74, 6) is -0.0864. The van der Waals surface area contributed by atoms with Gasteiger partial charge >= 0.3 is 6.09 Å². The summed E-state index contributed by atoms with van der Waals surface area (Å²) in [6.45, 7) is 0.907. The molecule has 0 atom stereocenters. The second-order valence-corrected chi connectivity index (χ2v) is 5.54. The van der Waals surface area contributed by atoms with Crippen LogP contribution in [0.15, 0.2) is 30.3 Å². The van der Waals surface area contributed by atoms with Crippen LogP contribution in [0.1, 0.15) is 24.8 Å². The van der Waals surface area contributed by atoms with Crippen molar-refractivity contribution in [3.05, 3.63) is 35.9 Å². The predicted molar refractivity (Wildman–Crippen MR) is 72.9 cm³/mol. The van der Waals surface area contributed by atoms with Crippen LogP contribution >= 0.6 is 0 Å². The zero-order valence-corrected chi connectivity index (χ0v) is 11.3. The Morgan fingerprint density at radius 3 is 2.70 bits per heavy atom. The first kappa shape index (κ1) is 13.0. The highest BCUT2D eigenvalue weighted by Crippen LogP contribution is 2.39. The van der Waals surface area contributed by atoms with Crippen LogP contribution in [-0.4, -0.2) is 35.5 Å². The average Bonchev–Trinajstić information content (AvgIpc) is 3.24. The molecule has 1 spiro atoms. The second kappa shape index (κ2) is 5.15. The summed E-state index contributed by atoms with van der Waals surface area (Å²) in [6.07, 6.45) is 2.44. The van der Waals surface area contributed by atoms with Gasteiger partial charge in [-0.25, -0.2) is 4.79 Å². The summed E-state index contributed by atoms with van der Waals surface area (Å²) in [5, 5.41) is 3.00. The predicted octanol–water partition coefficient (Wildman–Crippen LogP) is 1.68. The SMILES string of the molecule is O=C1CN(C(=O)OCc2ccccc2)CCC2(CC2)N1. The van der Waals surface area contributed by atoms with Gasteiger partial charge in [-0.3, -0.25) is 9.69 Å². The van der Waals surface area contributed by atoms with Crippen molar-refractivity contribution in [1.29, 1.82) is 0 Å². The quantitative estimate of drug-likeness (QED) is 0.892. The highest BCUT2D eigenvalue weighted by Gasteiger charge is 2.46. The summed E-state index contributed by atoms with van der Waals surface area (Å²) in [4.78, 5) is 25.3. The first-order valence-electron chi connectivity index (χ1n) is 6.94. The normalized spacial score (nSPS) is 20.2. The maximum Gasteiger partial charge on any atom is 0.410 e. The summed E-state index contributed by atoms with van der Waals surface area (Å²) < 4.78 is 5.27. The van der Waals surface area contributed by atoms with Crippen LogP contribution in [0.5, 0.6) is 0 Å². The maximum atomic E-state index is 12.0. The minimum atomic E-state index is -0.415. The Labute approximate surface area is 117 Å². The molecule has 1 aliphatic heterocycles. The fourth-order valence-electron chi connectivity index (χ4n) is 2.49. The standard InChI is InChI=1S/C15H18N2O3/c18-13-10-17(9-8-15(16-13)6-7-15)14(19)20-11-12-4-2-1-3-5-12/h1-5H,6-11H2,(H,16,18). The third-order valence-electron chi connectivity index (χ3n) is 3.92. The first-order chi connectivity index (χ1) is 9.67. The van der Waals surface area contributed by atoms with E-state index >= 15 is 0 Å². The topological polar surface area (TPSA) is 58.6 Å². The molecule has 0 unspecified atom stereocenters. The van der Waals surface area contributed by atoms with E-state index in [-0.39, 0.29) is 24.6 Å². The smallest absolute Gasteiger partial charge is 0.410 e. The van der Waals surface area contributed by atoms with E-state index in [2.05, 4.69) is 5.32 Å². The van der Waals surface area contributed by atoms with Crippen molar-refractivity contribution in [3.8, 4) is 0 Å². The summed E-state index contributed by atoms with van der Waals surface area (Å²) in [5.41, 5.74) is 0.907. The fourth-order valence-corrected chi connectivity index (χ4v) is 2.49. The van der Waals surface area contributed by atoms with Gasteiger partial charge in [-0.15, -0.1) is 0 Å². The van der Waals surface area contributed by atoms with Crippen molar-refractivity contribution < 1.29 is 14.3 Å². The highest BCUT2D eigenvalue weighted by molar-refractivity contribution is 5.83. The van der Waals surface area contributed by atoms with E-state index < -0.39 is 6.09 Å². The van der Waals surface area contributed by atoms with Crippen LogP contribution in [0.3, 0.4) is 0 Å². The minimum Gasteiger partial charge on any atom is -0.445 e. The molecular formula is C15H18N2O3. The maximum absolute atomic E-state index is 12.0. The average molecular weight is 274 g/mol. The van der Waals surface area contributed by atoms with Crippen molar-refractivity contribution in [2.75, 3.05) is 13.1 Å². The highest BCUT2D eigenvalue weighted by atomic mass is 16.6. The second-order valence-electron chi connectivity index (χ2n) is 5.54. The van der Waals surface area contributed by atoms with E-state index in [0.717, 1.165) is 24.8 Å². The van der Waals surface area contributed by atoms with Gasteiger partial charge in [0.1, 0.15) is 13.2 Å². The van der Waals surface area contributed by atoms with Crippen molar-refractivity contribution in [3.63, 3.8) is 0 Å². The number of ether oxygens (including phenoxy) is 1. The van der Waals surface area contributed by atoms with Crippen molar-refractivity contribution >= 4 is 12.0 Å². The molecule has 106 valence electrons.